The van der Waals surface area contributed by atoms with Crippen LogP contribution in [0.4, 0.5) is 0 Å². The van der Waals surface area contributed by atoms with Gasteiger partial charge in [0.1, 0.15) is 0 Å². The quantitative estimate of drug-likeness (QED) is 0.650. The first-order valence-electron chi connectivity index (χ1n) is 9.30. The molecule has 0 bridgehead atoms. The van der Waals surface area contributed by atoms with E-state index in [4.69, 9.17) is 4.98 Å². The van der Waals surface area contributed by atoms with Crippen LogP contribution < -0.4 is 0 Å². The van der Waals surface area contributed by atoms with Crippen LogP contribution >= 0.6 is 11.3 Å². The first kappa shape index (κ1) is 19.1. The Hall–Kier alpha value is -2.25. The van der Waals surface area contributed by atoms with Crippen molar-refractivity contribution in [3.8, 4) is 0 Å². The highest BCUT2D eigenvalue weighted by Gasteiger charge is 2.27. The van der Waals surface area contributed by atoms with Crippen LogP contribution in [0.1, 0.15) is 39.7 Å². The second-order valence-corrected chi connectivity index (χ2v) is 10.6. The number of carbonyl (C=O) groups is 1. The van der Waals surface area contributed by atoms with Crippen LogP contribution in [0.2, 0.25) is 0 Å². The van der Waals surface area contributed by atoms with Gasteiger partial charge in [0.05, 0.1) is 21.0 Å². The molecule has 0 radical (unpaired) electrons. The number of hydrogen-bond acceptors (Lipinski definition) is 5. The number of hydrogen-bond donors (Lipinski definition) is 0. The molecule has 1 saturated heterocycles. The Morgan fingerprint density at radius 3 is 2.82 bits per heavy atom. The van der Waals surface area contributed by atoms with Crippen LogP contribution in [0.5, 0.6) is 0 Å². The molecule has 1 aliphatic heterocycles. The van der Waals surface area contributed by atoms with E-state index < -0.39 is 9.84 Å². The first-order chi connectivity index (χ1) is 13.4. The summed E-state index contributed by atoms with van der Waals surface area (Å²) in [5.74, 6) is 0.151. The van der Waals surface area contributed by atoms with E-state index in [1.165, 1.54) is 11.0 Å². The Morgan fingerprint density at radius 2 is 2.04 bits per heavy atom. The average molecular weight is 415 g/mol. The number of rotatable bonds is 4. The SMILES string of the molecule is CS(=O)(=O)Cc1cccc(C(=O)N2CCC[C@H](c3nc4ccccc4s3)C2)c1. The Morgan fingerprint density at radius 1 is 1.21 bits per heavy atom. The highest BCUT2D eigenvalue weighted by Crippen LogP contribution is 2.33. The lowest BCUT2D eigenvalue weighted by Crippen LogP contribution is -2.39. The third-order valence-electron chi connectivity index (χ3n) is 4.97. The number of aromatic nitrogens is 1. The average Bonchev–Trinajstić information content (AvgIpc) is 3.11. The van der Waals surface area contributed by atoms with Crippen molar-refractivity contribution in [1.29, 1.82) is 0 Å². The van der Waals surface area contributed by atoms with E-state index in [1.54, 1.807) is 35.6 Å². The molecule has 28 heavy (non-hydrogen) atoms. The lowest BCUT2D eigenvalue weighted by molar-refractivity contribution is 0.0707. The van der Waals surface area contributed by atoms with Gasteiger partial charge in [0.15, 0.2) is 9.84 Å². The topological polar surface area (TPSA) is 67.3 Å². The molecule has 4 rings (SSSR count). The van der Waals surface area contributed by atoms with Crippen LogP contribution in [-0.2, 0) is 15.6 Å². The monoisotopic (exact) mass is 414 g/mol. The molecule has 3 aromatic rings. The Balaban J connectivity index is 1.52. The molecule has 7 heteroatoms. The van der Waals surface area contributed by atoms with Gasteiger partial charge in [-0.25, -0.2) is 13.4 Å². The maximum Gasteiger partial charge on any atom is 0.253 e. The molecule has 1 aliphatic rings. The summed E-state index contributed by atoms with van der Waals surface area (Å²) in [5.41, 5.74) is 2.21. The zero-order valence-corrected chi connectivity index (χ0v) is 17.3. The molecule has 0 spiro atoms. The van der Waals surface area contributed by atoms with Crippen molar-refractivity contribution in [2.75, 3.05) is 19.3 Å². The molecule has 2 aromatic carbocycles. The van der Waals surface area contributed by atoms with E-state index >= 15 is 0 Å². The van der Waals surface area contributed by atoms with E-state index in [0.29, 0.717) is 17.7 Å². The number of thiazole rings is 1. The number of likely N-dealkylation sites (tertiary alicyclic amines) is 1. The number of nitrogens with zero attached hydrogens (tertiary/aromatic N) is 2. The Labute approximate surface area is 168 Å². The van der Waals surface area contributed by atoms with Gasteiger partial charge in [-0.3, -0.25) is 4.79 Å². The van der Waals surface area contributed by atoms with Crippen molar-refractivity contribution in [1.82, 2.24) is 9.88 Å². The second-order valence-electron chi connectivity index (χ2n) is 7.38. The largest absolute Gasteiger partial charge is 0.338 e. The smallest absolute Gasteiger partial charge is 0.253 e. The van der Waals surface area contributed by atoms with E-state index in [-0.39, 0.29) is 17.6 Å². The van der Waals surface area contributed by atoms with Gasteiger partial charge in [0, 0.05) is 30.8 Å². The summed E-state index contributed by atoms with van der Waals surface area (Å²) in [7, 11) is -3.13. The number of sulfone groups is 1. The third-order valence-corrected chi connectivity index (χ3v) is 7.03. The minimum absolute atomic E-state index is 0.0406. The number of amides is 1. The molecule has 1 amide bonds. The molecule has 1 atom stereocenters. The van der Waals surface area contributed by atoms with E-state index in [1.807, 2.05) is 23.1 Å². The minimum Gasteiger partial charge on any atom is -0.338 e. The Bertz CT molecular complexity index is 1090. The molecule has 0 aliphatic carbocycles. The summed E-state index contributed by atoms with van der Waals surface area (Å²) >= 11 is 1.71. The molecule has 1 aromatic heterocycles. The van der Waals surface area contributed by atoms with Crippen LogP contribution in [0.15, 0.2) is 48.5 Å². The van der Waals surface area contributed by atoms with E-state index in [9.17, 15) is 13.2 Å². The summed E-state index contributed by atoms with van der Waals surface area (Å²) in [6.07, 6.45) is 3.17. The highest BCUT2D eigenvalue weighted by molar-refractivity contribution is 7.89. The molecule has 0 unspecified atom stereocenters. The summed E-state index contributed by atoms with van der Waals surface area (Å²) < 4.78 is 24.3. The number of fused-ring (bicyclic) bond motifs is 1. The second kappa shape index (κ2) is 7.64. The molecule has 1 fully saturated rings. The van der Waals surface area contributed by atoms with Crippen molar-refractivity contribution in [3.05, 3.63) is 64.7 Å². The molecular formula is C21H22N2O3S2. The number of piperidine rings is 1. The van der Waals surface area contributed by atoms with Gasteiger partial charge in [-0.1, -0.05) is 24.3 Å². The van der Waals surface area contributed by atoms with Crippen molar-refractivity contribution < 1.29 is 13.2 Å². The molecule has 0 saturated carbocycles. The van der Waals surface area contributed by atoms with Gasteiger partial charge in [-0.05, 0) is 42.7 Å². The summed E-state index contributed by atoms with van der Waals surface area (Å²) in [5, 5.41) is 1.09. The predicted octanol–water partition coefficient (Wildman–Crippen LogP) is 3.86. The molecule has 0 N–H and O–H groups in total. The van der Waals surface area contributed by atoms with Crippen molar-refractivity contribution in [2.45, 2.75) is 24.5 Å². The maximum atomic E-state index is 13.0. The van der Waals surface area contributed by atoms with Crippen molar-refractivity contribution >= 4 is 37.3 Å². The third kappa shape index (κ3) is 4.25. The molecular weight excluding hydrogens is 392 g/mol. The normalized spacial score (nSPS) is 17.8. The van der Waals surface area contributed by atoms with Gasteiger partial charge >= 0.3 is 0 Å². The van der Waals surface area contributed by atoms with Crippen LogP contribution in [0.3, 0.4) is 0 Å². The summed E-state index contributed by atoms with van der Waals surface area (Å²) in [6, 6.07) is 15.1. The van der Waals surface area contributed by atoms with Gasteiger partial charge in [-0.2, -0.15) is 0 Å². The summed E-state index contributed by atoms with van der Waals surface area (Å²) in [6.45, 7) is 1.37. The van der Waals surface area contributed by atoms with E-state index in [2.05, 4.69) is 6.07 Å². The van der Waals surface area contributed by atoms with Gasteiger partial charge in [0.25, 0.3) is 5.91 Å². The zero-order valence-electron chi connectivity index (χ0n) is 15.7. The number of para-hydroxylation sites is 1. The minimum atomic E-state index is -3.13. The summed E-state index contributed by atoms with van der Waals surface area (Å²) in [4.78, 5) is 19.7. The van der Waals surface area contributed by atoms with E-state index in [0.717, 1.165) is 29.9 Å². The van der Waals surface area contributed by atoms with Crippen LogP contribution in [-0.4, -0.2) is 43.6 Å². The van der Waals surface area contributed by atoms with Crippen molar-refractivity contribution in [3.63, 3.8) is 0 Å². The van der Waals surface area contributed by atoms with Gasteiger partial charge in [0.2, 0.25) is 0 Å². The fourth-order valence-corrected chi connectivity index (χ4v) is 5.59. The maximum absolute atomic E-state index is 13.0. The fraction of sp³-hybridized carbons (Fsp3) is 0.333. The van der Waals surface area contributed by atoms with Gasteiger partial charge in [-0.15, -0.1) is 11.3 Å². The number of carbonyl (C=O) groups excluding carboxylic acids is 1. The predicted molar refractivity (Wildman–Crippen MR) is 112 cm³/mol. The van der Waals surface area contributed by atoms with Gasteiger partial charge < -0.3 is 4.90 Å². The fourth-order valence-electron chi connectivity index (χ4n) is 3.71. The number of benzene rings is 2. The lowest BCUT2D eigenvalue weighted by atomic mass is 9.98. The first-order valence-corrected chi connectivity index (χ1v) is 12.2. The zero-order chi connectivity index (χ0) is 19.7. The highest BCUT2D eigenvalue weighted by atomic mass is 32.2. The lowest BCUT2D eigenvalue weighted by Gasteiger charge is -2.32. The molecule has 146 valence electrons. The van der Waals surface area contributed by atoms with Crippen LogP contribution in [0, 0.1) is 0 Å². The Kier molecular flexibility index (Phi) is 5.21. The van der Waals surface area contributed by atoms with Crippen LogP contribution in [0.25, 0.3) is 10.2 Å². The molecule has 2 heterocycles. The standard InChI is InChI=1S/C21H22N2O3S2/c1-28(25,26)14-15-6-4-7-16(12-15)21(24)23-11-5-8-17(13-23)20-22-18-9-2-3-10-19(18)27-20/h2-4,6-7,9-10,12,17H,5,8,11,13-14H2,1H3/t17-/m0/s1. The molecule has 5 nitrogen and oxygen atoms in total. The van der Waals surface area contributed by atoms with Crippen molar-refractivity contribution in [2.24, 2.45) is 0 Å².